The topological polar surface area (TPSA) is 78.9 Å². The summed E-state index contributed by atoms with van der Waals surface area (Å²) in [4.78, 5) is 33.1. The Balaban J connectivity index is 6.21. The molecule has 0 aromatic heterocycles. The summed E-state index contributed by atoms with van der Waals surface area (Å²) >= 11 is 0. The number of halogens is 12. The van der Waals surface area contributed by atoms with Crippen molar-refractivity contribution >= 4 is 18.4 Å². The zero-order chi connectivity index (χ0) is 25.3. The lowest BCUT2D eigenvalue weighted by atomic mass is 9.98. The highest BCUT2D eigenvalue weighted by molar-refractivity contribution is 5.84. The van der Waals surface area contributed by atoms with Crippen molar-refractivity contribution in [3.8, 4) is 0 Å². The maximum Gasteiger partial charge on any atom is 0.449 e. The average Bonchev–Trinajstić information content (AvgIpc) is 2.47. The number of alkyl halides is 12. The molecule has 0 saturated carbocycles. The molecule has 0 N–H and O–H groups in total. The summed E-state index contributed by atoms with van der Waals surface area (Å²) in [5, 5.41) is 0. The minimum absolute atomic E-state index is 0.144. The lowest BCUT2D eigenvalue weighted by Gasteiger charge is -2.37. The van der Waals surface area contributed by atoms with Crippen LogP contribution < -0.4 is 0 Å². The van der Waals surface area contributed by atoms with Gasteiger partial charge in [-0.3, -0.25) is 9.59 Å². The number of hydrogen-bond acceptors (Lipinski definition) is 6. The van der Waals surface area contributed by atoms with Crippen LogP contribution in [0.5, 0.6) is 0 Å². The second-order valence-corrected chi connectivity index (χ2v) is 5.86. The Labute approximate surface area is 163 Å². The molecule has 0 heterocycles. The van der Waals surface area contributed by atoms with Crippen molar-refractivity contribution < 1.29 is 81.3 Å². The van der Waals surface area contributed by atoms with Crippen molar-refractivity contribution in [2.75, 3.05) is 0 Å². The predicted molar refractivity (Wildman–Crippen MR) is 68.8 cm³/mol. The molecular formula is C13H10F12O6. The van der Waals surface area contributed by atoms with Gasteiger partial charge in [-0.15, -0.1) is 0 Å². The first kappa shape index (κ1) is 28.6. The van der Waals surface area contributed by atoms with Gasteiger partial charge in [0.25, 0.3) is 6.47 Å². The van der Waals surface area contributed by atoms with Crippen molar-refractivity contribution in [2.45, 2.75) is 62.3 Å². The second kappa shape index (κ2) is 8.60. The quantitative estimate of drug-likeness (QED) is 0.234. The van der Waals surface area contributed by atoms with E-state index >= 15 is 0 Å². The van der Waals surface area contributed by atoms with Crippen LogP contribution in [0, 0.1) is 0 Å². The fourth-order valence-electron chi connectivity index (χ4n) is 1.70. The molecule has 0 aliphatic rings. The normalized spacial score (nSPS) is 16.7. The Hall–Kier alpha value is -2.43. The lowest BCUT2D eigenvalue weighted by molar-refractivity contribution is -0.363. The second-order valence-electron chi connectivity index (χ2n) is 5.86. The van der Waals surface area contributed by atoms with Crippen molar-refractivity contribution in [2.24, 2.45) is 0 Å². The van der Waals surface area contributed by atoms with E-state index in [1.807, 2.05) is 0 Å². The summed E-state index contributed by atoms with van der Waals surface area (Å²) in [7, 11) is 0. The summed E-state index contributed by atoms with van der Waals surface area (Å²) in [6, 6.07) is 0. The number of ether oxygens (including phenoxy) is 3. The van der Waals surface area contributed by atoms with E-state index in [0.717, 1.165) is 0 Å². The van der Waals surface area contributed by atoms with Crippen molar-refractivity contribution in [3.05, 3.63) is 0 Å². The van der Waals surface area contributed by atoms with Gasteiger partial charge >= 0.3 is 42.2 Å². The SMILES string of the molecule is CC(OC(=O)CC(C)(OC(=O)C(OC=O)(C(F)(F)F)C(F)(F)F)C(F)(F)F)C(F)(F)F. The number of carbonyl (C=O) groups is 3. The van der Waals surface area contributed by atoms with E-state index in [1.54, 1.807) is 0 Å². The summed E-state index contributed by atoms with van der Waals surface area (Å²) in [6.07, 6.45) is -30.7. The van der Waals surface area contributed by atoms with E-state index < -0.39 is 73.8 Å². The molecule has 31 heavy (non-hydrogen) atoms. The van der Waals surface area contributed by atoms with Gasteiger partial charge in [0, 0.05) is 0 Å². The minimum atomic E-state index is -6.90. The highest BCUT2D eigenvalue weighted by Crippen LogP contribution is 2.48. The molecule has 0 bridgehead atoms. The van der Waals surface area contributed by atoms with E-state index in [9.17, 15) is 67.1 Å². The van der Waals surface area contributed by atoms with E-state index in [2.05, 4.69) is 14.2 Å². The molecule has 2 atom stereocenters. The Morgan fingerprint density at radius 1 is 0.839 bits per heavy atom. The van der Waals surface area contributed by atoms with Crippen LogP contribution in [0.4, 0.5) is 52.7 Å². The van der Waals surface area contributed by atoms with Crippen LogP contribution in [0.15, 0.2) is 0 Å². The number of hydrogen-bond donors (Lipinski definition) is 0. The molecule has 0 aromatic carbocycles. The van der Waals surface area contributed by atoms with E-state index in [1.165, 1.54) is 0 Å². The fraction of sp³-hybridized carbons (Fsp3) is 0.769. The van der Waals surface area contributed by atoms with Crippen molar-refractivity contribution in [1.29, 1.82) is 0 Å². The monoisotopic (exact) mass is 490 g/mol. The van der Waals surface area contributed by atoms with Crippen molar-refractivity contribution in [1.82, 2.24) is 0 Å². The molecule has 0 radical (unpaired) electrons. The highest BCUT2D eigenvalue weighted by atomic mass is 19.4. The highest BCUT2D eigenvalue weighted by Gasteiger charge is 2.81. The third-order valence-corrected chi connectivity index (χ3v) is 3.48. The molecule has 0 spiro atoms. The predicted octanol–water partition coefficient (Wildman–Crippen LogP) is 3.77. The molecule has 182 valence electrons. The molecule has 0 aliphatic carbocycles. The summed E-state index contributed by atoms with van der Waals surface area (Å²) < 4.78 is 164. The van der Waals surface area contributed by atoms with Gasteiger partial charge in [-0.05, 0) is 13.8 Å². The summed E-state index contributed by atoms with van der Waals surface area (Å²) in [5.74, 6) is -6.31. The number of esters is 2. The van der Waals surface area contributed by atoms with Crippen LogP contribution in [0.2, 0.25) is 0 Å². The third-order valence-electron chi connectivity index (χ3n) is 3.48. The molecule has 18 heteroatoms. The fourth-order valence-corrected chi connectivity index (χ4v) is 1.70. The van der Waals surface area contributed by atoms with Gasteiger partial charge < -0.3 is 14.2 Å². The minimum Gasteiger partial charge on any atom is -0.453 e. The van der Waals surface area contributed by atoms with Crippen LogP contribution in [0.25, 0.3) is 0 Å². The zero-order valence-electron chi connectivity index (χ0n) is 14.8. The van der Waals surface area contributed by atoms with Gasteiger partial charge in [0.15, 0.2) is 6.10 Å². The smallest absolute Gasteiger partial charge is 0.449 e. The third kappa shape index (κ3) is 6.05. The largest absolute Gasteiger partial charge is 0.453 e. The molecule has 0 rings (SSSR count). The Kier molecular flexibility index (Phi) is 7.93. The molecule has 0 amide bonds. The van der Waals surface area contributed by atoms with Gasteiger partial charge in [-0.25, -0.2) is 4.79 Å². The first-order valence-corrected chi connectivity index (χ1v) is 7.27. The molecule has 0 aliphatic heterocycles. The zero-order valence-corrected chi connectivity index (χ0v) is 14.8. The van der Waals surface area contributed by atoms with Gasteiger partial charge in [0.1, 0.15) is 0 Å². The Morgan fingerprint density at radius 2 is 1.26 bits per heavy atom. The first-order valence-electron chi connectivity index (χ1n) is 7.27. The van der Waals surface area contributed by atoms with Gasteiger partial charge in [0.05, 0.1) is 6.42 Å². The van der Waals surface area contributed by atoms with Crippen LogP contribution in [-0.2, 0) is 28.6 Å². The van der Waals surface area contributed by atoms with Crippen molar-refractivity contribution in [3.63, 3.8) is 0 Å². The summed E-state index contributed by atoms with van der Waals surface area (Å²) in [5.41, 5.74) is -10.8. The molecule has 6 nitrogen and oxygen atoms in total. The van der Waals surface area contributed by atoms with Gasteiger partial charge in [-0.2, -0.15) is 52.7 Å². The van der Waals surface area contributed by atoms with Gasteiger partial charge in [-0.1, -0.05) is 0 Å². The lowest BCUT2D eigenvalue weighted by Crippen LogP contribution is -2.66. The molecule has 2 unspecified atom stereocenters. The van der Waals surface area contributed by atoms with Crippen LogP contribution in [0.3, 0.4) is 0 Å². The average molecular weight is 490 g/mol. The maximum absolute atomic E-state index is 13.2. The molecule has 0 fully saturated rings. The van der Waals surface area contributed by atoms with Crippen LogP contribution >= 0.6 is 0 Å². The Bertz CT molecular complexity index is 662. The molecular weight excluding hydrogens is 480 g/mol. The van der Waals surface area contributed by atoms with E-state index in [0.29, 0.717) is 0 Å². The maximum atomic E-state index is 13.2. The van der Waals surface area contributed by atoms with Crippen LogP contribution in [0.1, 0.15) is 20.3 Å². The molecule has 0 saturated heterocycles. The number of rotatable bonds is 7. The number of carbonyl (C=O) groups excluding carboxylic acids is 3. The molecule has 0 aromatic rings. The first-order chi connectivity index (χ1) is 13.5. The van der Waals surface area contributed by atoms with E-state index in [4.69, 9.17) is 0 Å². The van der Waals surface area contributed by atoms with Gasteiger partial charge in [0.2, 0.25) is 5.60 Å². The van der Waals surface area contributed by atoms with Crippen LogP contribution in [-0.4, -0.2) is 60.4 Å². The summed E-state index contributed by atoms with van der Waals surface area (Å²) in [6.45, 7) is -1.82. The standard InChI is InChI=1S/C13H10F12O6/c1-5(10(14,15)16)30-6(27)3-8(2,11(17,18)19)31-7(28)9(29-4-26,12(20,21)22)13(23,24)25/h4-5H,3H2,1-2H3. The Morgan fingerprint density at radius 3 is 1.55 bits per heavy atom. The van der Waals surface area contributed by atoms with E-state index in [-0.39, 0.29) is 6.92 Å².